The molecular formula is C16H18N6OS2. The van der Waals surface area contributed by atoms with Gasteiger partial charge in [0.2, 0.25) is 0 Å². The number of urea groups is 1. The minimum Gasteiger partial charge on any atom is -0.332 e. The number of rotatable bonds is 4. The highest BCUT2D eigenvalue weighted by atomic mass is 32.1. The molecule has 0 aliphatic carbocycles. The number of carbonyl (C=O) groups is 1. The van der Waals surface area contributed by atoms with E-state index in [1.807, 2.05) is 21.7 Å². The third kappa shape index (κ3) is 3.72. The summed E-state index contributed by atoms with van der Waals surface area (Å²) in [4.78, 5) is 24.3. The average molecular weight is 374 g/mol. The maximum atomic E-state index is 12.5. The fourth-order valence-corrected chi connectivity index (χ4v) is 4.61. The van der Waals surface area contributed by atoms with E-state index in [0.29, 0.717) is 13.1 Å². The normalized spacial score (nSPS) is 17.6. The first-order chi connectivity index (χ1) is 12.3. The summed E-state index contributed by atoms with van der Waals surface area (Å²) in [6, 6.07) is 4.03. The first-order valence-corrected chi connectivity index (χ1v) is 9.92. The van der Waals surface area contributed by atoms with E-state index in [1.54, 1.807) is 22.7 Å². The van der Waals surface area contributed by atoms with Gasteiger partial charge in [0.25, 0.3) is 0 Å². The summed E-state index contributed by atoms with van der Waals surface area (Å²) in [7, 11) is 0. The molecule has 1 fully saturated rings. The molecule has 0 unspecified atom stereocenters. The van der Waals surface area contributed by atoms with Crippen LogP contribution in [0.15, 0.2) is 29.2 Å². The Kier molecular flexibility index (Phi) is 4.75. The van der Waals surface area contributed by atoms with E-state index < -0.39 is 0 Å². The molecular weight excluding hydrogens is 356 g/mol. The zero-order chi connectivity index (χ0) is 17.1. The monoisotopic (exact) mass is 374 g/mol. The maximum absolute atomic E-state index is 12.5. The van der Waals surface area contributed by atoms with Crippen LogP contribution in [0.25, 0.3) is 9.88 Å². The van der Waals surface area contributed by atoms with E-state index in [4.69, 9.17) is 0 Å². The van der Waals surface area contributed by atoms with Crippen molar-refractivity contribution in [1.29, 1.82) is 0 Å². The van der Waals surface area contributed by atoms with Crippen LogP contribution in [0.5, 0.6) is 0 Å². The van der Waals surface area contributed by atoms with Crippen molar-refractivity contribution in [2.45, 2.75) is 25.3 Å². The summed E-state index contributed by atoms with van der Waals surface area (Å²) < 4.78 is 0. The summed E-state index contributed by atoms with van der Waals surface area (Å²) in [6.07, 6.45) is 3.51. The number of likely N-dealkylation sites (tertiary alicyclic amines) is 1. The number of nitrogens with zero attached hydrogens (tertiary/aromatic N) is 4. The Balaban J connectivity index is 1.33. The summed E-state index contributed by atoms with van der Waals surface area (Å²) in [6.45, 7) is 1.89. The van der Waals surface area contributed by atoms with Crippen molar-refractivity contribution < 1.29 is 4.79 Å². The summed E-state index contributed by atoms with van der Waals surface area (Å²) in [5, 5.41) is 14.8. The number of thiazole rings is 1. The molecule has 9 heteroatoms. The van der Waals surface area contributed by atoms with Crippen LogP contribution in [0.1, 0.15) is 30.3 Å². The van der Waals surface area contributed by atoms with Gasteiger partial charge in [-0.1, -0.05) is 6.07 Å². The van der Waals surface area contributed by atoms with E-state index in [2.05, 4.69) is 31.5 Å². The second-order valence-corrected chi connectivity index (χ2v) is 7.74. The van der Waals surface area contributed by atoms with Crippen molar-refractivity contribution in [3.05, 3.63) is 40.7 Å². The summed E-state index contributed by atoms with van der Waals surface area (Å²) in [5.74, 6) is 1.09. The predicted molar refractivity (Wildman–Crippen MR) is 97.6 cm³/mol. The molecule has 0 saturated carbocycles. The number of carbonyl (C=O) groups excluding carboxylic acids is 1. The van der Waals surface area contributed by atoms with Crippen molar-refractivity contribution in [1.82, 2.24) is 30.4 Å². The highest BCUT2D eigenvalue weighted by Gasteiger charge is 2.26. The largest absolute Gasteiger partial charge is 0.332 e. The smallest absolute Gasteiger partial charge is 0.317 e. The van der Waals surface area contributed by atoms with Crippen molar-refractivity contribution in [2.24, 2.45) is 0 Å². The van der Waals surface area contributed by atoms with Gasteiger partial charge in [-0.25, -0.2) is 14.8 Å². The lowest BCUT2D eigenvalue weighted by Gasteiger charge is -2.31. The number of aromatic nitrogens is 4. The molecule has 130 valence electrons. The maximum Gasteiger partial charge on any atom is 0.317 e. The average Bonchev–Trinajstić information content (AvgIpc) is 3.42. The van der Waals surface area contributed by atoms with Gasteiger partial charge < -0.3 is 10.2 Å². The number of H-pyrrole nitrogens is 1. The van der Waals surface area contributed by atoms with Crippen LogP contribution in [0.3, 0.4) is 0 Å². The van der Waals surface area contributed by atoms with Crippen LogP contribution >= 0.6 is 22.7 Å². The Bertz CT molecular complexity index is 814. The molecule has 25 heavy (non-hydrogen) atoms. The predicted octanol–water partition coefficient (Wildman–Crippen LogP) is 3.08. The van der Waals surface area contributed by atoms with E-state index >= 15 is 0 Å². The molecule has 0 bridgehead atoms. The fourth-order valence-electron chi connectivity index (χ4n) is 2.98. The Labute approximate surface area is 153 Å². The molecule has 2 amide bonds. The number of aromatic amines is 1. The number of hydrogen-bond donors (Lipinski definition) is 2. The molecule has 2 N–H and O–H groups in total. The quantitative estimate of drug-likeness (QED) is 0.735. The second kappa shape index (κ2) is 7.32. The Hall–Kier alpha value is -2.26. The molecule has 0 radical (unpaired) electrons. The molecule has 0 aromatic carbocycles. The summed E-state index contributed by atoms with van der Waals surface area (Å²) in [5.41, 5.74) is 0.894. The standard InChI is InChI=1S/C16H18N6OS2/c23-16(22-5-1-3-11(8-22)14-18-10-19-21-14)17-7-12-9-25-15(20-12)13-4-2-6-24-13/h2,4,6,9-11H,1,3,5,7-8H2,(H,17,23)(H,18,19,21)/t11-/m0/s1. The Morgan fingerprint density at radius 1 is 1.44 bits per heavy atom. The van der Waals surface area contributed by atoms with Crippen molar-refractivity contribution in [3.8, 4) is 9.88 Å². The molecule has 4 heterocycles. The first-order valence-electron chi connectivity index (χ1n) is 8.16. The fraction of sp³-hybridized carbons (Fsp3) is 0.375. The zero-order valence-electron chi connectivity index (χ0n) is 13.5. The van der Waals surface area contributed by atoms with Gasteiger partial charge in [0.1, 0.15) is 17.2 Å². The van der Waals surface area contributed by atoms with Crippen molar-refractivity contribution in [2.75, 3.05) is 13.1 Å². The number of thiophene rings is 1. The zero-order valence-corrected chi connectivity index (χ0v) is 15.1. The van der Waals surface area contributed by atoms with Crippen molar-refractivity contribution in [3.63, 3.8) is 0 Å². The van der Waals surface area contributed by atoms with Gasteiger partial charge in [-0.2, -0.15) is 5.10 Å². The molecule has 3 aromatic rings. The molecule has 1 saturated heterocycles. The van der Waals surface area contributed by atoms with Gasteiger partial charge in [0.05, 0.1) is 17.1 Å². The van der Waals surface area contributed by atoms with Gasteiger partial charge in [-0.05, 0) is 24.3 Å². The first kappa shape index (κ1) is 16.2. The molecule has 3 aromatic heterocycles. The topological polar surface area (TPSA) is 86.8 Å². The van der Waals surface area contributed by atoms with Crippen LogP contribution < -0.4 is 5.32 Å². The lowest BCUT2D eigenvalue weighted by Crippen LogP contribution is -2.44. The number of hydrogen-bond acceptors (Lipinski definition) is 6. The van der Waals surface area contributed by atoms with E-state index in [0.717, 1.165) is 40.8 Å². The lowest BCUT2D eigenvalue weighted by atomic mass is 9.98. The van der Waals surface area contributed by atoms with Gasteiger partial charge >= 0.3 is 6.03 Å². The molecule has 4 rings (SSSR count). The third-order valence-electron chi connectivity index (χ3n) is 4.23. The van der Waals surface area contributed by atoms with E-state index in [1.165, 1.54) is 6.33 Å². The summed E-state index contributed by atoms with van der Waals surface area (Å²) >= 11 is 3.28. The van der Waals surface area contributed by atoms with Gasteiger partial charge in [-0.15, -0.1) is 22.7 Å². The van der Waals surface area contributed by atoms with E-state index in [9.17, 15) is 4.79 Å². The van der Waals surface area contributed by atoms with Crippen LogP contribution in [0.4, 0.5) is 4.79 Å². The highest BCUT2D eigenvalue weighted by molar-refractivity contribution is 7.20. The van der Waals surface area contributed by atoms with Crippen molar-refractivity contribution >= 4 is 28.7 Å². The lowest BCUT2D eigenvalue weighted by molar-refractivity contribution is 0.178. The van der Waals surface area contributed by atoms with Gasteiger partial charge in [0.15, 0.2) is 0 Å². The van der Waals surface area contributed by atoms with E-state index in [-0.39, 0.29) is 11.9 Å². The molecule has 1 aliphatic rings. The third-order valence-corrected chi connectivity index (χ3v) is 6.16. The van der Waals surface area contributed by atoms with Crippen LogP contribution in [-0.4, -0.2) is 44.2 Å². The Morgan fingerprint density at radius 2 is 2.40 bits per heavy atom. The molecule has 1 atom stereocenters. The SMILES string of the molecule is O=C(NCc1csc(-c2cccs2)n1)N1CCC[C@H](c2ncn[nH]2)C1. The highest BCUT2D eigenvalue weighted by Crippen LogP contribution is 2.28. The molecule has 7 nitrogen and oxygen atoms in total. The number of amides is 2. The number of piperidine rings is 1. The van der Waals surface area contributed by atoms with Crippen LogP contribution in [0.2, 0.25) is 0 Å². The van der Waals surface area contributed by atoms with Crippen LogP contribution in [0, 0.1) is 0 Å². The van der Waals surface area contributed by atoms with Gasteiger partial charge in [-0.3, -0.25) is 5.10 Å². The molecule has 0 spiro atoms. The molecule has 1 aliphatic heterocycles. The Morgan fingerprint density at radius 3 is 3.20 bits per heavy atom. The minimum absolute atomic E-state index is 0.0464. The number of nitrogens with one attached hydrogen (secondary N) is 2. The van der Waals surface area contributed by atoms with Gasteiger partial charge in [0, 0.05) is 24.4 Å². The van der Waals surface area contributed by atoms with Crippen LogP contribution in [-0.2, 0) is 6.54 Å². The second-order valence-electron chi connectivity index (χ2n) is 5.94. The minimum atomic E-state index is -0.0464.